The van der Waals surface area contributed by atoms with Crippen molar-refractivity contribution in [1.29, 1.82) is 10.5 Å². The summed E-state index contributed by atoms with van der Waals surface area (Å²) in [6.45, 7) is 15.6. The Labute approximate surface area is 268 Å². The highest BCUT2D eigenvalue weighted by Gasteiger charge is 2.19. The van der Waals surface area contributed by atoms with E-state index in [0.717, 1.165) is 44.0 Å². The van der Waals surface area contributed by atoms with Crippen molar-refractivity contribution in [3.8, 4) is 40.1 Å². The number of thiophene rings is 1. The predicted molar refractivity (Wildman–Crippen MR) is 186 cm³/mol. The molecule has 2 aromatic heterocycles. The molecule has 0 radical (unpaired) electrons. The Morgan fingerprint density at radius 2 is 1.13 bits per heavy atom. The number of nitriles is 2. The van der Waals surface area contributed by atoms with Gasteiger partial charge in [0.15, 0.2) is 11.4 Å². The molecule has 0 unspecified atom stereocenters. The standard InChI is InChI=1S/C40H19N5S/c1-43-33-10-6-11-34(44-2)40(33)25-14-17-30-29-16-13-24(39-26(22-41)7-5-8-27(39)23-42)19-35(29)45(36(30)20-25)28-15-18-38-32(21-28)31-9-3-4-12-37(31)46-38/h3-21H. The Morgan fingerprint density at radius 3 is 1.76 bits per heavy atom. The van der Waals surface area contributed by atoms with Crippen LogP contribution in [-0.2, 0) is 0 Å². The highest BCUT2D eigenvalue weighted by Crippen LogP contribution is 2.43. The van der Waals surface area contributed by atoms with E-state index in [1.807, 2.05) is 12.1 Å². The number of hydrogen-bond donors (Lipinski definition) is 0. The van der Waals surface area contributed by atoms with Crippen molar-refractivity contribution in [3.05, 3.63) is 149 Å². The van der Waals surface area contributed by atoms with Crippen molar-refractivity contribution in [2.75, 3.05) is 0 Å². The molecule has 8 rings (SSSR count). The first-order valence-electron chi connectivity index (χ1n) is 14.5. The maximum atomic E-state index is 9.95. The molecule has 0 fully saturated rings. The molecular weight excluding hydrogens is 583 g/mol. The average Bonchev–Trinajstić information content (AvgIpc) is 3.65. The van der Waals surface area contributed by atoms with Crippen LogP contribution in [0.15, 0.2) is 115 Å². The van der Waals surface area contributed by atoms with E-state index in [4.69, 9.17) is 13.1 Å². The van der Waals surface area contributed by atoms with E-state index < -0.39 is 0 Å². The van der Waals surface area contributed by atoms with E-state index in [0.29, 0.717) is 33.6 Å². The number of hydrogen-bond acceptors (Lipinski definition) is 3. The molecule has 0 saturated heterocycles. The molecule has 5 nitrogen and oxygen atoms in total. The van der Waals surface area contributed by atoms with Crippen LogP contribution in [-0.4, -0.2) is 4.57 Å². The van der Waals surface area contributed by atoms with Gasteiger partial charge in [0.05, 0.1) is 47.4 Å². The minimum atomic E-state index is 0.432. The summed E-state index contributed by atoms with van der Waals surface area (Å²) in [5, 5.41) is 24.3. The fourth-order valence-electron chi connectivity index (χ4n) is 6.52. The van der Waals surface area contributed by atoms with Crippen LogP contribution < -0.4 is 0 Å². The molecule has 0 aliphatic heterocycles. The van der Waals surface area contributed by atoms with Gasteiger partial charge in [-0.15, -0.1) is 11.3 Å². The third-order valence-electron chi connectivity index (χ3n) is 8.53. The first kappa shape index (κ1) is 26.9. The second-order valence-electron chi connectivity index (χ2n) is 10.9. The van der Waals surface area contributed by atoms with Crippen molar-refractivity contribution in [2.45, 2.75) is 0 Å². The van der Waals surface area contributed by atoms with Crippen molar-refractivity contribution in [3.63, 3.8) is 0 Å². The van der Waals surface area contributed by atoms with Crippen molar-refractivity contribution in [1.82, 2.24) is 4.57 Å². The summed E-state index contributed by atoms with van der Waals surface area (Å²) in [4.78, 5) is 7.48. The van der Waals surface area contributed by atoms with Gasteiger partial charge in [0.2, 0.25) is 0 Å². The van der Waals surface area contributed by atoms with Gasteiger partial charge < -0.3 is 4.57 Å². The predicted octanol–water partition coefficient (Wildman–Crippen LogP) is 11.3. The SMILES string of the molecule is [C-]#[N+]c1cccc([N+]#[C-])c1-c1ccc2c3ccc(-c4c(C#N)cccc4C#N)cc3n(-c3ccc4sc5ccccc5c4c3)c2c1. The largest absolute Gasteiger partial charge is 0.309 e. The molecule has 0 spiro atoms. The normalized spacial score (nSPS) is 11.0. The second-order valence-corrected chi connectivity index (χ2v) is 12.0. The number of rotatable bonds is 3. The topological polar surface area (TPSA) is 61.2 Å². The molecular formula is C40H19N5S. The van der Waals surface area contributed by atoms with Crippen LogP contribution in [0.2, 0.25) is 0 Å². The summed E-state index contributed by atoms with van der Waals surface area (Å²) in [7, 11) is 0. The van der Waals surface area contributed by atoms with Gasteiger partial charge in [-0.3, -0.25) is 0 Å². The highest BCUT2D eigenvalue weighted by molar-refractivity contribution is 7.25. The van der Waals surface area contributed by atoms with Gasteiger partial charge in [0, 0.05) is 42.2 Å². The van der Waals surface area contributed by atoms with Crippen LogP contribution in [0.25, 0.3) is 79.6 Å². The number of aromatic nitrogens is 1. The third-order valence-corrected chi connectivity index (χ3v) is 9.68. The Balaban J connectivity index is 1.49. The lowest BCUT2D eigenvalue weighted by Crippen LogP contribution is -1.95. The van der Waals surface area contributed by atoms with Gasteiger partial charge in [-0.1, -0.05) is 66.7 Å². The fraction of sp³-hybridized carbons (Fsp3) is 0. The zero-order chi connectivity index (χ0) is 31.4. The number of benzene rings is 6. The molecule has 6 aromatic carbocycles. The van der Waals surface area contributed by atoms with Crippen molar-refractivity contribution < 1.29 is 0 Å². The molecule has 0 saturated carbocycles. The Hall–Kier alpha value is -6.70. The minimum absolute atomic E-state index is 0.432. The van der Waals surface area contributed by atoms with Gasteiger partial charge in [-0.05, 0) is 65.2 Å². The number of nitrogens with zero attached hydrogens (tertiary/aromatic N) is 5. The first-order chi connectivity index (χ1) is 22.6. The van der Waals surface area contributed by atoms with E-state index >= 15 is 0 Å². The zero-order valence-corrected chi connectivity index (χ0v) is 24.9. The molecule has 6 heteroatoms. The van der Waals surface area contributed by atoms with E-state index in [1.165, 1.54) is 14.8 Å². The Kier molecular flexibility index (Phi) is 6.13. The van der Waals surface area contributed by atoms with Gasteiger partial charge in [0.1, 0.15) is 0 Å². The van der Waals surface area contributed by atoms with E-state index in [1.54, 1.807) is 47.7 Å². The average molecular weight is 602 g/mol. The van der Waals surface area contributed by atoms with Crippen molar-refractivity contribution >= 4 is 64.7 Å². The van der Waals surface area contributed by atoms with E-state index in [9.17, 15) is 10.5 Å². The fourth-order valence-corrected chi connectivity index (χ4v) is 7.61. The molecule has 0 aliphatic rings. The quantitative estimate of drug-likeness (QED) is 0.189. The molecule has 0 amide bonds. The van der Waals surface area contributed by atoms with Crippen LogP contribution in [0, 0.1) is 35.8 Å². The lowest BCUT2D eigenvalue weighted by molar-refractivity contribution is 1.19. The molecule has 0 atom stereocenters. The second kappa shape index (κ2) is 10.5. The zero-order valence-electron chi connectivity index (χ0n) is 24.1. The summed E-state index contributed by atoms with van der Waals surface area (Å²) in [6, 6.07) is 42.1. The monoisotopic (exact) mass is 601 g/mol. The lowest BCUT2D eigenvalue weighted by atomic mass is 9.94. The van der Waals surface area contributed by atoms with Crippen LogP contribution in [0.4, 0.5) is 11.4 Å². The third kappa shape index (κ3) is 3.97. The van der Waals surface area contributed by atoms with E-state index in [-0.39, 0.29) is 0 Å². The number of fused-ring (bicyclic) bond motifs is 6. The first-order valence-corrected chi connectivity index (χ1v) is 15.3. The van der Waals surface area contributed by atoms with Crippen LogP contribution in [0.3, 0.4) is 0 Å². The van der Waals surface area contributed by atoms with Gasteiger partial charge in [-0.25, -0.2) is 9.69 Å². The smallest absolute Gasteiger partial charge is 0.184 e. The van der Waals surface area contributed by atoms with E-state index in [2.05, 4.69) is 93.1 Å². The summed E-state index contributed by atoms with van der Waals surface area (Å²) in [6.07, 6.45) is 0. The Morgan fingerprint density at radius 1 is 0.543 bits per heavy atom. The molecule has 2 heterocycles. The highest BCUT2D eigenvalue weighted by atomic mass is 32.1. The maximum absolute atomic E-state index is 9.95. The van der Waals surface area contributed by atoms with Crippen molar-refractivity contribution in [2.24, 2.45) is 0 Å². The van der Waals surface area contributed by atoms with Gasteiger partial charge in [0.25, 0.3) is 0 Å². The maximum Gasteiger partial charge on any atom is 0.184 e. The van der Waals surface area contributed by atoms with Gasteiger partial charge in [-0.2, -0.15) is 10.5 Å². The summed E-state index contributed by atoms with van der Waals surface area (Å²) in [5.74, 6) is 0. The Bertz CT molecular complexity index is 2560. The molecule has 8 aromatic rings. The minimum Gasteiger partial charge on any atom is -0.309 e. The van der Waals surface area contributed by atoms with Gasteiger partial charge >= 0.3 is 0 Å². The molecule has 0 N–H and O–H groups in total. The molecule has 0 aliphatic carbocycles. The lowest BCUT2D eigenvalue weighted by Gasteiger charge is -2.12. The molecule has 46 heavy (non-hydrogen) atoms. The van der Waals surface area contributed by atoms with Crippen LogP contribution in [0.5, 0.6) is 0 Å². The molecule has 0 bridgehead atoms. The van der Waals surface area contributed by atoms with Crippen LogP contribution >= 0.6 is 11.3 Å². The summed E-state index contributed by atoms with van der Waals surface area (Å²) >= 11 is 1.76. The summed E-state index contributed by atoms with van der Waals surface area (Å²) in [5.41, 5.74) is 7.35. The molecule has 210 valence electrons. The summed E-state index contributed by atoms with van der Waals surface area (Å²) < 4.78 is 4.63. The van der Waals surface area contributed by atoms with Crippen LogP contribution in [0.1, 0.15) is 11.1 Å².